The lowest BCUT2D eigenvalue weighted by atomic mass is 10.0. The van der Waals surface area contributed by atoms with Gasteiger partial charge in [-0.05, 0) is 26.0 Å². The highest BCUT2D eigenvalue weighted by Crippen LogP contribution is 2.35. The summed E-state index contributed by atoms with van der Waals surface area (Å²) >= 11 is 3.11. The lowest BCUT2D eigenvalue weighted by molar-refractivity contribution is -0.384. The lowest BCUT2D eigenvalue weighted by Crippen LogP contribution is -2.53. The maximum Gasteiger partial charge on any atom is 0.329 e. The van der Waals surface area contributed by atoms with Gasteiger partial charge in [0.2, 0.25) is 5.91 Å². The summed E-state index contributed by atoms with van der Waals surface area (Å²) in [4.78, 5) is 34.4. The minimum Gasteiger partial charge on any atom is -0.480 e. The van der Waals surface area contributed by atoms with E-state index >= 15 is 0 Å². The Balaban J connectivity index is 3.56. The van der Waals surface area contributed by atoms with Crippen LogP contribution < -0.4 is 4.90 Å². The average Bonchev–Trinajstić information content (AvgIpc) is 2.30. The van der Waals surface area contributed by atoms with Gasteiger partial charge < -0.3 is 5.11 Å². The van der Waals surface area contributed by atoms with Crippen molar-refractivity contribution in [1.29, 1.82) is 0 Å². The Morgan fingerprint density at radius 1 is 1.40 bits per heavy atom. The van der Waals surface area contributed by atoms with Crippen molar-refractivity contribution in [2.45, 2.75) is 26.3 Å². The van der Waals surface area contributed by atoms with Crippen molar-refractivity contribution in [1.82, 2.24) is 0 Å². The van der Waals surface area contributed by atoms with Crippen LogP contribution in [0, 0.1) is 10.1 Å². The fourth-order valence-electron chi connectivity index (χ4n) is 1.79. The zero-order valence-corrected chi connectivity index (χ0v) is 12.7. The van der Waals surface area contributed by atoms with E-state index in [9.17, 15) is 24.8 Å². The van der Waals surface area contributed by atoms with Crippen molar-refractivity contribution in [2.75, 3.05) is 4.90 Å². The molecule has 7 nitrogen and oxygen atoms in total. The second kappa shape index (κ2) is 5.58. The first-order valence-electron chi connectivity index (χ1n) is 5.57. The maximum absolute atomic E-state index is 11.8. The van der Waals surface area contributed by atoms with E-state index < -0.39 is 22.3 Å². The summed E-state index contributed by atoms with van der Waals surface area (Å²) in [5.74, 6) is -1.85. The van der Waals surface area contributed by atoms with Crippen LogP contribution in [0.5, 0.6) is 0 Å². The normalized spacial score (nSPS) is 11.0. The van der Waals surface area contributed by atoms with Gasteiger partial charge in [-0.1, -0.05) is 15.9 Å². The maximum atomic E-state index is 11.8. The number of anilines is 1. The van der Waals surface area contributed by atoms with Crippen LogP contribution in [0.1, 0.15) is 20.8 Å². The summed E-state index contributed by atoms with van der Waals surface area (Å²) in [5.41, 5.74) is -2.01. The van der Waals surface area contributed by atoms with Crippen molar-refractivity contribution in [3.63, 3.8) is 0 Å². The predicted molar refractivity (Wildman–Crippen MR) is 75.7 cm³/mol. The Labute approximate surface area is 123 Å². The van der Waals surface area contributed by atoms with Crippen LogP contribution in [-0.4, -0.2) is 27.4 Å². The number of carbonyl (C=O) groups is 2. The molecule has 0 aromatic heterocycles. The highest BCUT2D eigenvalue weighted by atomic mass is 79.9. The van der Waals surface area contributed by atoms with Gasteiger partial charge in [-0.3, -0.25) is 19.8 Å². The molecule has 0 atom stereocenters. The number of carboxylic acids is 1. The Bertz CT molecular complexity index is 585. The van der Waals surface area contributed by atoms with Gasteiger partial charge in [0.1, 0.15) is 11.2 Å². The molecule has 1 amide bonds. The molecule has 0 saturated heterocycles. The standard InChI is InChI=1S/C12H13BrN2O5/c1-7(16)14(12(2,3)11(17)18)9-5-4-8(13)6-10(9)15(19)20/h4-6H,1-3H3,(H,17,18). The highest BCUT2D eigenvalue weighted by molar-refractivity contribution is 9.10. The fourth-order valence-corrected chi connectivity index (χ4v) is 2.14. The van der Waals surface area contributed by atoms with E-state index in [-0.39, 0.29) is 11.4 Å². The largest absolute Gasteiger partial charge is 0.480 e. The second-order valence-corrected chi connectivity index (χ2v) is 5.52. The molecule has 1 aromatic rings. The molecular formula is C12H13BrN2O5. The number of hydrogen-bond acceptors (Lipinski definition) is 4. The third-order valence-electron chi connectivity index (χ3n) is 2.77. The summed E-state index contributed by atoms with van der Waals surface area (Å²) in [6.07, 6.45) is 0. The van der Waals surface area contributed by atoms with Gasteiger partial charge in [0.25, 0.3) is 5.69 Å². The first-order chi connectivity index (χ1) is 9.09. The number of benzene rings is 1. The number of nitrogens with zero attached hydrogens (tertiary/aromatic N) is 2. The molecule has 0 heterocycles. The first kappa shape index (κ1) is 16.1. The van der Waals surface area contributed by atoms with Crippen LogP contribution in [0.2, 0.25) is 0 Å². The van der Waals surface area contributed by atoms with Gasteiger partial charge in [0.15, 0.2) is 0 Å². The number of hydrogen-bond donors (Lipinski definition) is 1. The van der Waals surface area contributed by atoms with Crippen molar-refractivity contribution in [3.8, 4) is 0 Å². The molecule has 0 unspecified atom stereocenters. The molecule has 0 aliphatic heterocycles. The third kappa shape index (κ3) is 2.96. The Morgan fingerprint density at radius 3 is 2.35 bits per heavy atom. The van der Waals surface area contributed by atoms with E-state index in [4.69, 9.17) is 0 Å². The second-order valence-electron chi connectivity index (χ2n) is 4.61. The number of aliphatic carboxylic acids is 1. The van der Waals surface area contributed by atoms with Crippen molar-refractivity contribution in [3.05, 3.63) is 32.8 Å². The van der Waals surface area contributed by atoms with Gasteiger partial charge in [-0.2, -0.15) is 0 Å². The number of carbonyl (C=O) groups excluding carboxylic acids is 1. The summed E-state index contributed by atoms with van der Waals surface area (Å²) in [7, 11) is 0. The number of nitro groups is 1. The molecule has 8 heteroatoms. The number of halogens is 1. The molecule has 0 bridgehead atoms. The molecule has 0 aliphatic rings. The van der Waals surface area contributed by atoms with E-state index in [0.717, 1.165) is 11.8 Å². The van der Waals surface area contributed by atoms with E-state index in [1.54, 1.807) is 0 Å². The Hall–Kier alpha value is -1.96. The molecule has 1 rings (SSSR count). The third-order valence-corrected chi connectivity index (χ3v) is 3.27. The molecule has 0 radical (unpaired) electrons. The molecule has 1 N–H and O–H groups in total. The first-order valence-corrected chi connectivity index (χ1v) is 6.36. The molecule has 108 valence electrons. The van der Waals surface area contributed by atoms with Gasteiger partial charge in [0, 0.05) is 17.5 Å². The zero-order valence-electron chi connectivity index (χ0n) is 11.1. The van der Waals surface area contributed by atoms with Crippen molar-refractivity contribution >= 4 is 39.2 Å². The fraction of sp³-hybridized carbons (Fsp3) is 0.333. The quantitative estimate of drug-likeness (QED) is 0.668. The number of carboxylic acid groups (broad SMARTS) is 1. The Morgan fingerprint density at radius 2 is 1.95 bits per heavy atom. The summed E-state index contributed by atoms with van der Waals surface area (Å²) < 4.78 is 0.463. The smallest absolute Gasteiger partial charge is 0.329 e. The van der Waals surface area contributed by atoms with E-state index in [1.165, 1.54) is 32.0 Å². The molecule has 0 aliphatic carbocycles. The number of rotatable bonds is 4. The SMILES string of the molecule is CC(=O)N(c1ccc(Br)cc1[N+](=O)[O-])C(C)(C)C(=O)O. The van der Waals surface area contributed by atoms with Crippen LogP contribution in [0.3, 0.4) is 0 Å². The van der Waals surface area contributed by atoms with Gasteiger partial charge >= 0.3 is 5.97 Å². The number of amides is 1. The minimum atomic E-state index is -1.61. The van der Waals surface area contributed by atoms with Gasteiger partial charge in [-0.15, -0.1) is 0 Å². The molecule has 0 saturated carbocycles. The van der Waals surface area contributed by atoms with Crippen LogP contribution >= 0.6 is 15.9 Å². The average molecular weight is 345 g/mol. The highest BCUT2D eigenvalue weighted by Gasteiger charge is 2.40. The van der Waals surface area contributed by atoms with Gasteiger partial charge in [0.05, 0.1) is 4.92 Å². The molecule has 0 spiro atoms. The van der Waals surface area contributed by atoms with Crippen LogP contribution in [0.4, 0.5) is 11.4 Å². The van der Waals surface area contributed by atoms with Crippen LogP contribution in [0.25, 0.3) is 0 Å². The number of nitro benzene ring substituents is 1. The van der Waals surface area contributed by atoms with E-state index in [1.807, 2.05) is 0 Å². The lowest BCUT2D eigenvalue weighted by Gasteiger charge is -2.33. The van der Waals surface area contributed by atoms with Crippen LogP contribution in [0.15, 0.2) is 22.7 Å². The molecule has 0 fully saturated rings. The van der Waals surface area contributed by atoms with Gasteiger partial charge in [-0.25, -0.2) is 4.79 Å². The Kier molecular flexibility index (Phi) is 4.49. The summed E-state index contributed by atoms with van der Waals surface area (Å²) in [6.45, 7) is 3.78. The van der Waals surface area contributed by atoms with Crippen molar-refractivity contribution in [2.24, 2.45) is 0 Å². The molecular weight excluding hydrogens is 332 g/mol. The summed E-state index contributed by atoms with van der Waals surface area (Å²) in [6, 6.07) is 4.08. The van der Waals surface area contributed by atoms with Crippen molar-refractivity contribution < 1.29 is 19.6 Å². The molecule has 1 aromatic carbocycles. The molecule has 20 heavy (non-hydrogen) atoms. The van der Waals surface area contributed by atoms with Crippen LogP contribution in [-0.2, 0) is 9.59 Å². The monoisotopic (exact) mass is 344 g/mol. The van der Waals surface area contributed by atoms with E-state index in [0.29, 0.717) is 4.47 Å². The topological polar surface area (TPSA) is 101 Å². The minimum absolute atomic E-state index is 0.0573. The zero-order chi connectivity index (χ0) is 15.7. The predicted octanol–water partition coefficient (Wildman–Crippen LogP) is 2.57. The van der Waals surface area contributed by atoms with E-state index in [2.05, 4.69) is 15.9 Å². The summed E-state index contributed by atoms with van der Waals surface area (Å²) in [5, 5.41) is 20.3.